The highest BCUT2D eigenvalue weighted by molar-refractivity contribution is 7.09. The molecule has 1 aromatic heterocycles. The van der Waals surface area contributed by atoms with Crippen LogP contribution in [0.2, 0.25) is 0 Å². The van der Waals surface area contributed by atoms with Crippen molar-refractivity contribution in [3.05, 3.63) is 51.5 Å². The quantitative estimate of drug-likeness (QED) is 0.892. The number of aromatic nitrogens is 1. The van der Waals surface area contributed by atoms with E-state index in [1.165, 1.54) is 21.8 Å². The van der Waals surface area contributed by atoms with Crippen LogP contribution in [0.3, 0.4) is 0 Å². The molecule has 0 unspecified atom stereocenters. The van der Waals surface area contributed by atoms with Gasteiger partial charge in [-0.25, -0.2) is 4.98 Å². The highest BCUT2D eigenvalue weighted by Gasteiger charge is 2.40. The zero-order chi connectivity index (χ0) is 14.9. The molecule has 0 aliphatic heterocycles. The van der Waals surface area contributed by atoms with E-state index in [0.29, 0.717) is 5.92 Å². The summed E-state index contributed by atoms with van der Waals surface area (Å²) in [5.41, 5.74) is 4.19. The van der Waals surface area contributed by atoms with E-state index in [-0.39, 0.29) is 5.54 Å². The smallest absolute Gasteiger partial charge is 0.114 e. The van der Waals surface area contributed by atoms with E-state index in [4.69, 9.17) is 4.98 Å². The van der Waals surface area contributed by atoms with E-state index < -0.39 is 0 Å². The van der Waals surface area contributed by atoms with Crippen molar-refractivity contribution in [1.29, 1.82) is 0 Å². The second kappa shape index (κ2) is 5.90. The summed E-state index contributed by atoms with van der Waals surface area (Å²) >= 11 is 1.82. The monoisotopic (exact) mass is 300 g/mol. The lowest BCUT2D eigenvalue weighted by Gasteiger charge is -2.28. The summed E-state index contributed by atoms with van der Waals surface area (Å²) in [5, 5.41) is 7.30. The fourth-order valence-corrected chi connectivity index (χ4v) is 4.26. The number of benzene rings is 1. The van der Waals surface area contributed by atoms with Gasteiger partial charge in [-0.1, -0.05) is 45.0 Å². The molecular weight excluding hydrogens is 276 g/mol. The first-order valence-corrected chi connectivity index (χ1v) is 8.80. The highest BCUT2D eigenvalue weighted by atomic mass is 32.1. The molecule has 3 heteroatoms. The molecule has 0 atom stereocenters. The molecule has 0 bridgehead atoms. The van der Waals surface area contributed by atoms with Crippen LogP contribution in [0.4, 0.5) is 0 Å². The maximum absolute atomic E-state index is 4.96. The molecule has 0 fully saturated rings. The lowest BCUT2D eigenvalue weighted by molar-refractivity contribution is 0.347. The normalized spacial score (nSPS) is 16.4. The molecule has 1 aliphatic carbocycles. The van der Waals surface area contributed by atoms with Gasteiger partial charge in [0.1, 0.15) is 5.01 Å². The van der Waals surface area contributed by atoms with Crippen molar-refractivity contribution in [3.63, 3.8) is 0 Å². The minimum Gasteiger partial charge on any atom is -0.305 e. The van der Waals surface area contributed by atoms with E-state index in [9.17, 15) is 0 Å². The Balaban J connectivity index is 1.95. The van der Waals surface area contributed by atoms with Crippen LogP contribution in [0.25, 0.3) is 0 Å². The topological polar surface area (TPSA) is 24.9 Å². The van der Waals surface area contributed by atoms with Crippen molar-refractivity contribution < 1.29 is 0 Å². The van der Waals surface area contributed by atoms with Gasteiger partial charge in [0.25, 0.3) is 0 Å². The van der Waals surface area contributed by atoms with Crippen molar-refractivity contribution >= 4 is 11.3 Å². The Morgan fingerprint density at radius 3 is 2.43 bits per heavy atom. The van der Waals surface area contributed by atoms with Crippen LogP contribution in [-0.2, 0) is 18.4 Å². The number of fused-ring (bicyclic) bond motifs is 1. The summed E-state index contributed by atoms with van der Waals surface area (Å²) in [6, 6.07) is 8.83. The van der Waals surface area contributed by atoms with Gasteiger partial charge in [-0.3, -0.25) is 0 Å². The fraction of sp³-hybridized carbons (Fsp3) is 0.500. The molecule has 1 N–H and O–H groups in total. The molecule has 2 aromatic rings. The van der Waals surface area contributed by atoms with E-state index >= 15 is 0 Å². The second-order valence-corrected chi connectivity index (χ2v) is 7.22. The van der Waals surface area contributed by atoms with Crippen LogP contribution >= 0.6 is 11.3 Å². The summed E-state index contributed by atoms with van der Waals surface area (Å²) in [5.74, 6) is 0.502. The van der Waals surface area contributed by atoms with Gasteiger partial charge >= 0.3 is 0 Å². The fourth-order valence-electron chi connectivity index (χ4n) is 3.10. The molecule has 112 valence electrons. The number of hydrogen-bond donors (Lipinski definition) is 1. The first kappa shape index (κ1) is 14.7. The van der Waals surface area contributed by atoms with Crippen LogP contribution in [-0.4, -0.2) is 11.5 Å². The number of rotatable bonds is 5. The van der Waals surface area contributed by atoms with Gasteiger partial charge in [0, 0.05) is 5.38 Å². The Labute approximate surface area is 131 Å². The molecule has 0 saturated heterocycles. The van der Waals surface area contributed by atoms with Gasteiger partial charge in [0.05, 0.1) is 11.2 Å². The number of nitrogens with zero attached hydrogens (tertiary/aromatic N) is 1. The molecule has 1 aromatic carbocycles. The minimum absolute atomic E-state index is 0.0114. The second-order valence-electron chi connectivity index (χ2n) is 6.36. The third-order valence-corrected chi connectivity index (χ3v) is 5.40. The minimum atomic E-state index is 0.0114. The zero-order valence-corrected chi connectivity index (χ0v) is 14.0. The van der Waals surface area contributed by atoms with Crippen molar-refractivity contribution in [2.24, 2.45) is 0 Å². The summed E-state index contributed by atoms with van der Waals surface area (Å²) < 4.78 is 0. The van der Waals surface area contributed by atoms with Crippen molar-refractivity contribution in [2.75, 3.05) is 6.54 Å². The lowest BCUT2D eigenvalue weighted by Crippen LogP contribution is -2.43. The van der Waals surface area contributed by atoms with Crippen LogP contribution in [0.1, 0.15) is 54.9 Å². The van der Waals surface area contributed by atoms with E-state index in [1.807, 2.05) is 11.3 Å². The first-order chi connectivity index (χ1) is 10.1. The first-order valence-electron chi connectivity index (χ1n) is 7.92. The highest BCUT2D eigenvalue weighted by Crippen LogP contribution is 2.39. The Bertz CT molecular complexity index is 590. The van der Waals surface area contributed by atoms with Crippen LogP contribution in [0.15, 0.2) is 29.6 Å². The molecule has 0 saturated carbocycles. The molecule has 21 heavy (non-hydrogen) atoms. The number of hydrogen-bond acceptors (Lipinski definition) is 3. The van der Waals surface area contributed by atoms with E-state index in [0.717, 1.165) is 25.8 Å². The van der Waals surface area contributed by atoms with Crippen LogP contribution in [0.5, 0.6) is 0 Å². The Hall–Kier alpha value is -1.19. The summed E-state index contributed by atoms with van der Waals surface area (Å²) in [6.07, 6.45) is 3.28. The standard InChI is InChI=1S/C18H24N2S/c1-4-9-19-18(17-20-16(12-21-17)13(2)3)10-14-7-5-6-8-15(14)11-18/h5-8,12-13,19H,4,9-11H2,1-3H3. The molecule has 0 radical (unpaired) electrons. The third-order valence-electron chi connectivity index (χ3n) is 4.34. The van der Waals surface area contributed by atoms with Crippen molar-refractivity contribution in [3.8, 4) is 0 Å². The largest absolute Gasteiger partial charge is 0.305 e. The van der Waals surface area contributed by atoms with Gasteiger partial charge in [-0.2, -0.15) is 0 Å². The van der Waals surface area contributed by atoms with E-state index in [2.05, 4.69) is 55.7 Å². The predicted octanol–water partition coefficient (Wildman–Crippen LogP) is 4.26. The third kappa shape index (κ3) is 2.77. The molecule has 1 aliphatic rings. The Kier molecular flexibility index (Phi) is 4.14. The summed E-state index contributed by atoms with van der Waals surface area (Å²) in [4.78, 5) is 4.96. The lowest BCUT2D eigenvalue weighted by atomic mass is 9.96. The van der Waals surface area contributed by atoms with Gasteiger partial charge in [-0.15, -0.1) is 11.3 Å². The molecule has 0 spiro atoms. The number of thiazole rings is 1. The molecule has 0 amide bonds. The molecule has 2 nitrogen and oxygen atoms in total. The Morgan fingerprint density at radius 2 is 1.90 bits per heavy atom. The Morgan fingerprint density at radius 1 is 1.24 bits per heavy atom. The van der Waals surface area contributed by atoms with Crippen molar-refractivity contribution in [1.82, 2.24) is 10.3 Å². The average Bonchev–Trinajstić information content (AvgIpc) is 3.10. The molecule has 1 heterocycles. The van der Waals surface area contributed by atoms with Gasteiger partial charge in [0.2, 0.25) is 0 Å². The van der Waals surface area contributed by atoms with E-state index in [1.54, 1.807) is 0 Å². The SMILES string of the molecule is CCCNC1(c2nc(C(C)C)cs2)Cc2ccccc2C1. The molecular formula is C18H24N2S. The summed E-state index contributed by atoms with van der Waals surface area (Å²) in [6.45, 7) is 7.71. The van der Waals surface area contributed by atoms with Crippen LogP contribution in [0, 0.1) is 0 Å². The average molecular weight is 300 g/mol. The predicted molar refractivity (Wildman–Crippen MR) is 90.0 cm³/mol. The van der Waals surface area contributed by atoms with Crippen molar-refractivity contribution in [2.45, 2.75) is 51.5 Å². The summed E-state index contributed by atoms with van der Waals surface area (Å²) in [7, 11) is 0. The zero-order valence-electron chi connectivity index (χ0n) is 13.1. The maximum atomic E-state index is 4.96. The van der Waals surface area contributed by atoms with Crippen LogP contribution < -0.4 is 5.32 Å². The van der Waals surface area contributed by atoms with Gasteiger partial charge < -0.3 is 5.32 Å². The maximum Gasteiger partial charge on any atom is 0.114 e. The van der Waals surface area contributed by atoms with Gasteiger partial charge in [0.15, 0.2) is 0 Å². The number of nitrogens with one attached hydrogen (secondary N) is 1. The van der Waals surface area contributed by atoms with Gasteiger partial charge in [-0.05, 0) is 42.9 Å². The molecule has 3 rings (SSSR count).